The predicted octanol–water partition coefficient (Wildman–Crippen LogP) is 3.29. The molecule has 1 saturated heterocycles. The van der Waals surface area contributed by atoms with Gasteiger partial charge in [-0.05, 0) is 58.0 Å². The van der Waals surface area contributed by atoms with Crippen molar-refractivity contribution in [1.82, 2.24) is 0 Å². The van der Waals surface area contributed by atoms with Crippen LogP contribution in [0.5, 0.6) is 0 Å². The van der Waals surface area contributed by atoms with Crippen LogP contribution in [0.25, 0.3) is 0 Å². The van der Waals surface area contributed by atoms with Crippen molar-refractivity contribution in [1.29, 1.82) is 0 Å². The summed E-state index contributed by atoms with van der Waals surface area (Å²) in [5, 5.41) is 0. The molecular formula is C19H27BO3. The van der Waals surface area contributed by atoms with E-state index in [0.29, 0.717) is 5.78 Å². The molecule has 0 unspecified atom stereocenters. The molecule has 0 bridgehead atoms. The van der Waals surface area contributed by atoms with Gasteiger partial charge in [-0.2, -0.15) is 0 Å². The van der Waals surface area contributed by atoms with Crippen molar-refractivity contribution in [2.45, 2.75) is 71.0 Å². The molecule has 1 aliphatic heterocycles. The molecule has 3 nitrogen and oxygen atoms in total. The number of rotatable bonds is 3. The minimum Gasteiger partial charge on any atom is -0.399 e. The Morgan fingerprint density at radius 2 is 1.65 bits per heavy atom. The molecule has 1 aromatic rings. The molecule has 0 spiro atoms. The van der Waals surface area contributed by atoms with Gasteiger partial charge in [-0.3, -0.25) is 4.79 Å². The summed E-state index contributed by atoms with van der Waals surface area (Å²) in [4.78, 5) is 12.0. The summed E-state index contributed by atoms with van der Waals surface area (Å²) in [6.45, 7) is 8.26. The standard InChI is InChI=1S/C19H27BO3/c1-18(2)19(3,4)23-20(22-18)16-11-9-14(10-12-16)13-15-7-5-6-8-17(15)21/h9-12,15H,5-8,13H2,1-4H3/t15-/m1/s1. The number of hydrogen-bond donors (Lipinski definition) is 0. The van der Waals surface area contributed by atoms with Gasteiger partial charge in [-0.1, -0.05) is 30.7 Å². The van der Waals surface area contributed by atoms with Crippen molar-refractivity contribution in [3.63, 3.8) is 0 Å². The van der Waals surface area contributed by atoms with E-state index in [9.17, 15) is 4.79 Å². The van der Waals surface area contributed by atoms with Crippen LogP contribution >= 0.6 is 0 Å². The zero-order valence-electron chi connectivity index (χ0n) is 14.7. The van der Waals surface area contributed by atoms with Crippen LogP contribution in [0.15, 0.2) is 24.3 Å². The van der Waals surface area contributed by atoms with E-state index < -0.39 is 0 Å². The first-order valence-corrected chi connectivity index (χ1v) is 8.76. The summed E-state index contributed by atoms with van der Waals surface area (Å²) < 4.78 is 12.2. The number of Topliss-reactive ketones (excluding diaryl/α,β-unsaturated/α-hetero) is 1. The molecule has 2 fully saturated rings. The average Bonchev–Trinajstić information content (AvgIpc) is 2.71. The highest BCUT2D eigenvalue weighted by Crippen LogP contribution is 2.36. The Labute approximate surface area is 139 Å². The van der Waals surface area contributed by atoms with Crippen molar-refractivity contribution in [3.8, 4) is 0 Å². The SMILES string of the molecule is CC1(C)OB(c2ccc(C[C@H]3CCCCC3=O)cc2)OC1(C)C. The number of benzene rings is 1. The predicted molar refractivity (Wildman–Crippen MR) is 92.8 cm³/mol. The van der Waals surface area contributed by atoms with Crippen molar-refractivity contribution < 1.29 is 14.1 Å². The van der Waals surface area contributed by atoms with Gasteiger partial charge in [-0.25, -0.2) is 0 Å². The Hall–Kier alpha value is -1.13. The Morgan fingerprint density at radius 1 is 1.04 bits per heavy atom. The molecule has 0 aromatic heterocycles. The summed E-state index contributed by atoms with van der Waals surface area (Å²) in [5.41, 5.74) is 1.64. The smallest absolute Gasteiger partial charge is 0.399 e. The third kappa shape index (κ3) is 3.38. The topological polar surface area (TPSA) is 35.5 Å². The van der Waals surface area contributed by atoms with Gasteiger partial charge >= 0.3 is 7.12 Å². The first-order valence-electron chi connectivity index (χ1n) is 8.76. The maximum Gasteiger partial charge on any atom is 0.494 e. The molecule has 2 aliphatic rings. The van der Waals surface area contributed by atoms with E-state index in [1.807, 2.05) is 0 Å². The minimum absolute atomic E-state index is 0.214. The van der Waals surface area contributed by atoms with Gasteiger partial charge in [0.2, 0.25) is 0 Å². The van der Waals surface area contributed by atoms with E-state index in [4.69, 9.17) is 9.31 Å². The second-order valence-corrected chi connectivity index (χ2v) is 7.94. The summed E-state index contributed by atoms with van der Waals surface area (Å²) >= 11 is 0. The molecular weight excluding hydrogens is 287 g/mol. The molecule has 0 amide bonds. The summed E-state index contributed by atoms with van der Waals surface area (Å²) in [6, 6.07) is 8.38. The molecule has 0 N–H and O–H groups in total. The van der Waals surface area contributed by atoms with Gasteiger partial charge in [0, 0.05) is 12.3 Å². The van der Waals surface area contributed by atoms with Crippen molar-refractivity contribution in [2.75, 3.05) is 0 Å². The number of hydrogen-bond acceptors (Lipinski definition) is 3. The van der Waals surface area contributed by atoms with E-state index in [0.717, 1.165) is 31.1 Å². The zero-order chi connectivity index (χ0) is 16.7. The number of ketones is 1. The van der Waals surface area contributed by atoms with Gasteiger partial charge in [0.1, 0.15) is 5.78 Å². The quantitative estimate of drug-likeness (QED) is 0.803. The Kier molecular flexibility index (Phi) is 4.41. The normalized spacial score (nSPS) is 26.5. The van der Waals surface area contributed by atoms with Crippen molar-refractivity contribution in [2.24, 2.45) is 5.92 Å². The molecule has 0 radical (unpaired) electrons. The largest absolute Gasteiger partial charge is 0.494 e. The second kappa shape index (κ2) is 6.06. The van der Waals surface area contributed by atoms with Crippen LogP contribution in [0, 0.1) is 5.92 Å². The van der Waals surface area contributed by atoms with Crippen LogP contribution in [0.2, 0.25) is 0 Å². The lowest BCUT2D eigenvalue weighted by Crippen LogP contribution is -2.41. The molecule has 1 saturated carbocycles. The zero-order valence-corrected chi connectivity index (χ0v) is 14.7. The lowest BCUT2D eigenvalue weighted by Gasteiger charge is -2.32. The van der Waals surface area contributed by atoms with Crippen LogP contribution in [-0.4, -0.2) is 24.1 Å². The van der Waals surface area contributed by atoms with Crippen LogP contribution < -0.4 is 5.46 Å². The van der Waals surface area contributed by atoms with E-state index >= 15 is 0 Å². The van der Waals surface area contributed by atoms with Crippen molar-refractivity contribution >= 4 is 18.4 Å². The Balaban J connectivity index is 1.67. The lowest BCUT2D eigenvalue weighted by molar-refractivity contribution is -0.124. The molecule has 3 rings (SSSR count). The molecule has 1 aliphatic carbocycles. The minimum atomic E-state index is -0.315. The maximum absolute atomic E-state index is 12.0. The lowest BCUT2D eigenvalue weighted by atomic mass is 9.78. The molecule has 1 aromatic carbocycles. The van der Waals surface area contributed by atoms with E-state index in [-0.39, 0.29) is 24.2 Å². The summed E-state index contributed by atoms with van der Waals surface area (Å²) in [7, 11) is -0.314. The Bertz CT molecular complexity index is 561. The second-order valence-electron chi connectivity index (χ2n) is 7.94. The van der Waals surface area contributed by atoms with E-state index in [1.54, 1.807) is 0 Å². The molecule has 1 heterocycles. The van der Waals surface area contributed by atoms with Crippen molar-refractivity contribution in [3.05, 3.63) is 29.8 Å². The first-order chi connectivity index (χ1) is 10.8. The molecule has 124 valence electrons. The average molecular weight is 314 g/mol. The highest BCUT2D eigenvalue weighted by Gasteiger charge is 2.51. The molecule has 23 heavy (non-hydrogen) atoms. The van der Waals surface area contributed by atoms with Gasteiger partial charge in [-0.15, -0.1) is 0 Å². The summed E-state index contributed by atoms with van der Waals surface area (Å²) in [6.07, 6.45) is 4.91. The Morgan fingerprint density at radius 3 is 2.22 bits per heavy atom. The number of carbonyl (C=O) groups is 1. The highest BCUT2D eigenvalue weighted by molar-refractivity contribution is 6.62. The fraction of sp³-hybridized carbons (Fsp3) is 0.632. The highest BCUT2D eigenvalue weighted by atomic mass is 16.7. The summed E-state index contributed by atoms with van der Waals surface area (Å²) in [5.74, 6) is 0.651. The van der Waals surface area contributed by atoms with Gasteiger partial charge in [0.15, 0.2) is 0 Å². The van der Waals surface area contributed by atoms with Gasteiger partial charge in [0.25, 0.3) is 0 Å². The van der Waals surface area contributed by atoms with E-state index in [1.165, 1.54) is 12.0 Å². The van der Waals surface area contributed by atoms with E-state index in [2.05, 4.69) is 52.0 Å². The number of carbonyl (C=O) groups excluding carboxylic acids is 1. The first kappa shape index (κ1) is 16.7. The monoisotopic (exact) mass is 314 g/mol. The van der Waals surface area contributed by atoms with Crippen LogP contribution in [0.4, 0.5) is 0 Å². The van der Waals surface area contributed by atoms with Gasteiger partial charge in [0.05, 0.1) is 11.2 Å². The fourth-order valence-electron chi connectivity index (χ4n) is 3.35. The fourth-order valence-corrected chi connectivity index (χ4v) is 3.35. The molecule has 1 atom stereocenters. The van der Waals surface area contributed by atoms with Crippen LogP contribution in [0.3, 0.4) is 0 Å². The van der Waals surface area contributed by atoms with Crippen LogP contribution in [0.1, 0.15) is 58.9 Å². The third-order valence-electron chi connectivity index (χ3n) is 5.67. The van der Waals surface area contributed by atoms with Crippen LogP contribution in [-0.2, 0) is 20.5 Å². The molecule has 4 heteroatoms. The van der Waals surface area contributed by atoms with Gasteiger partial charge < -0.3 is 9.31 Å². The maximum atomic E-state index is 12.0. The third-order valence-corrected chi connectivity index (χ3v) is 5.67.